The van der Waals surface area contributed by atoms with Crippen LogP contribution in [0.25, 0.3) is 22.3 Å². The second kappa shape index (κ2) is 13.4. The Morgan fingerprint density at radius 2 is 1.37 bits per heavy atom. The smallest absolute Gasteiger partial charge is 0.387 e. The van der Waals surface area contributed by atoms with Gasteiger partial charge in [0.2, 0.25) is 0 Å². The summed E-state index contributed by atoms with van der Waals surface area (Å²) in [5.74, 6) is -3.02. The fourth-order valence-corrected chi connectivity index (χ4v) is 9.18. The summed E-state index contributed by atoms with van der Waals surface area (Å²) in [7, 11) is -0.528. The molecule has 1 saturated heterocycles. The molecule has 1 aliphatic heterocycles. The molecule has 7 heteroatoms. The molecule has 3 aromatic rings. The highest BCUT2D eigenvalue weighted by Gasteiger charge is 2.22. The standard InChI is InChI=1S/C31H35F5OSi/c1-2-3-4-15-38-16-13-21(14-17-38)5-6-24-11-12-25(18-27(24)32)22-7-9-23(10-8-22)26-19-28(33)30(29(34)20-26)37-31(35)36/h7-12,18-21,31,38H,2-6,13-17H2,1H3/t21-,38-. The molecule has 0 amide bonds. The van der Waals surface area contributed by atoms with Crippen molar-refractivity contribution < 1.29 is 26.7 Å². The van der Waals surface area contributed by atoms with Gasteiger partial charge in [-0.1, -0.05) is 93.6 Å². The van der Waals surface area contributed by atoms with Crippen LogP contribution in [0.3, 0.4) is 0 Å². The normalized spacial score (nSPS) is 17.7. The Bertz CT molecular complexity index is 1170. The highest BCUT2D eigenvalue weighted by atomic mass is 28.3. The average Bonchev–Trinajstić information content (AvgIpc) is 2.91. The van der Waals surface area contributed by atoms with Gasteiger partial charge < -0.3 is 4.74 Å². The van der Waals surface area contributed by atoms with Crippen LogP contribution in [-0.4, -0.2) is 15.4 Å². The van der Waals surface area contributed by atoms with Gasteiger partial charge in [0.25, 0.3) is 0 Å². The molecule has 0 aliphatic carbocycles. The van der Waals surface area contributed by atoms with Crippen LogP contribution in [0.15, 0.2) is 54.6 Å². The van der Waals surface area contributed by atoms with Crippen molar-refractivity contribution in [1.82, 2.24) is 0 Å². The van der Waals surface area contributed by atoms with E-state index in [0.717, 1.165) is 41.7 Å². The molecule has 0 saturated carbocycles. The molecule has 3 aromatic carbocycles. The lowest BCUT2D eigenvalue weighted by Crippen LogP contribution is -2.21. The number of hydrogen-bond donors (Lipinski definition) is 0. The van der Waals surface area contributed by atoms with Gasteiger partial charge in [-0.2, -0.15) is 8.78 Å². The van der Waals surface area contributed by atoms with Gasteiger partial charge in [0, 0.05) is 8.80 Å². The van der Waals surface area contributed by atoms with E-state index in [4.69, 9.17) is 0 Å². The molecule has 1 nitrogen and oxygen atoms in total. The summed E-state index contributed by atoms with van der Waals surface area (Å²) in [5.41, 5.74) is 2.91. The first-order valence-corrected chi connectivity index (χ1v) is 16.1. The first-order valence-electron chi connectivity index (χ1n) is 13.7. The van der Waals surface area contributed by atoms with E-state index >= 15 is 0 Å². The van der Waals surface area contributed by atoms with Crippen LogP contribution < -0.4 is 4.74 Å². The maximum atomic E-state index is 14.9. The third-order valence-corrected chi connectivity index (χ3v) is 11.3. The molecule has 1 fully saturated rings. The Hall–Kier alpha value is -2.67. The molecule has 4 rings (SSSR count). The van der Waals surface area contributed by atoms with Crippen molar-refractivity contribution in [3.63, 3.8) is 0 Å². The largest absolute Gasteiger partial charge is 0.429 e. The number of hydrogen-bond acceptors (Lipinski definition) is 1. The topological polar surface area (TPSA) is 9.23 Å². The summed E-state index contributed by atoms with van der Waals surface area (Å²) >= 11 is 0. The van der Waals surface area contributed by atoms with Crippen LogP contribution in [-0.2, 0) is 6.42 Å². The molecule has 0 atom stereocenters. The van der Waals surface area contributed by atoms with E-state index in [1.807, 2.05) is 12.1 Å². The molecular weight excluding hydrogens is 511 g/mol. The minimum absolute atomic E-state index is 0.187. The van der Waals surface area contributed by atoms with Gasteiger partial charge >= 0.3 is 6.61 Å². The van der Waals surface area contributed by atoms with E-state index in [0.29, 0.717) is 11.5 Å². The summed E-state index contributed by atoms with van der Waals surface area (Å²) in [6.07, 6.45) is 8.47. The average molecular weight is 547 g/mol. The number of benzene rings is 3. The van der Waals surface area contributed by atoms with Crippen molar-refractivity contribution in [2.45, 2.75) is 76.6 Å². The fraction of sp³-hybridized carbons (Fsp3) is 0.419. The summed E-state index contributed by atoms with van der Waals surface area (Å²) in [5, 5.41) is 0. The quantitative estimate of drug-likeness (QED) is 0.132. The van der Waals surface area contributed by atoms with E-state index in [1.165, 1.54) is 56.3 Å². The highest BCUT2D eigenvalue weighted by molar-refractivity contribution is 6.58. The molecule has 1 heterocycles. The van der Waals surface area contributed by atoms with Gasteiger partial charge in [-0.15, -0.1) is 0 Å². The van der Waals surface area contributed by atoms with Crippen molar-refractivity contribution in [2.75, 3.05) is 0 Å². The minimum Gasteiger partial charge on any atom is -0.429 e. The van der Waals surface area contributed by atoms with E-state index < -0.39 is 32.8 Å². The Morgan fingerprint density at radius 3 is 1.95 bits per heavy atom. The van der Waals surface area contributed by atoms with Gasteiger partial charge in [0.1, 0.15) is 5.82 Å². The number of halogens is 5. The lowest BCUT2D eigenvalue weighted by atomic mass is 9.93. The number of ether oxygens (including phenoxy) is 1. The molecular formula is C31H35F5OSi. The van der Waals surface area contributed by atoms with E-state index in [1.54, 1.807) is 24.3 Å². The molecule has 0 unspecified atom stereocenters. The summed E-state index contributed by atoms with van der Waals surface area (Å²) in [6, 6.07) is 18.4. The molecule has 0 radical (unpaired) electrons. The zero-order chi connectivity index (χ0) is 27.1. The highest BCUT2D eigenvalue weighted by Crippen LogP contribution is 2.33. The van der Waals surface area contributed by atoms with Crippen molar-refractivity contribution >= 4 is 8.80 Å². The van der Waals surface area contributed by atoms with Gasteiger partial charge in [-0.25, -0.2) is 13.2 Å². The Labute approximate surface area is 223 Å². The zero-order valence-corrected chi connectivity index (χ0v) is 23.0. The molecule has 38 heavy (non-hydrogen) atoms. The number of alkyl halides is 2. The van der Waals surface area contributed by atoms with Gasteiger partial charge in [0.05, 0.1) is 0 Å². The van der Waals surface area contributed by atoms with Crippen LogP contribution in [0.2, 0.25) is 18.1 Å². The molecule has 0 bridgehead atoms. The van der Waals surface area contributed by atoms with Crippen molar-refractivity contribution in [3.05, 3.63) is 77.6 Å². The minimum atomic E-state index is -3.32. The SMILES string of the molecule is CCCCC[Si@H]1CC[C@H](CCc2ccc(-c3ccc(-c4cc(F)c(OC(F)F)c(F)c4)cc3)cc2F)CC1. The summed E-state index contributed by atoms with van der Waals surface area (Å²) in [4.78, 5) is 0. The Morgan fingerprint density at radius 1 is 0.789 bits per heavy atom. The van der Waals surface area contributed by atoms with Crippen LogP contribution in [0.1, 0.15) is 51.0 Å². The van der Waals surface area contributed by atoms with Crippen LogP contribution >= 0.6 is 0 Å². The predicted molar refractivity (Wildman–Crippen MR) is 146 cm³/mol. The van der Waals surface area contributed by atoms with Crippen molar-refractivity contribution in [1.29, 1.82) is 0 Å². The maximum absolute atomic E-state index is 14.9. The molecule has 1 aliphatic rings. The summed E-state index contributed by atoms with van der Waals surface area (Å²) in [6.45, 7) is -1.06. The Balaban J connectivity index is 1.35. The predicted octanol–water partition coefficient (Wildman–Crippen LogP) is 9.80. The third kappa shape index (κ3) is 7.46. The molecule has 204 valence electrons. The van der Waals surface area contributed by atoms with Gasteiger partial charge in [-0.3, -0.25) is 0 Å². The molecule has 0 aromatic heterocycles. The first-order chi connectivity index (χ1) is 18.3. The monoisotopic (exact) mass is 546 g/mol. The summed E-state index contributed by atoms with van der Waals surface area (Å²) < 4.78 is 71.8. The first kappa shape index (κ1) is 28.3. The van der Waals surface area contributed by atoms with Crippen molar-refractivity contribution in [2.24, 2.45) is 5.92 Å². The van der Waals surface area contributed by atoms with E-state index in [-0.39, 0.29) is 11.4 Å². The van der Waals surface area contributed by atoms with E-state index in [2.05, 4.69) is 11.7 Å². The van der Waals surface area contributed by atoms with Gasteiger partial charge in [0.15, 0.2) is 17.4 Å². The van der Waals surface area contributed by atoms with Crippen LogP contribution in [0.5, 0.6) is 5.75 Å². The van der Waals surface area contributed by atoms with Gasteiger partial charge in [-0.05, 0) is 64.8 Å². The second-order valence-electron chi connectivity index (χ2n) is 10.5. The van der Waals surface area contributed by atoms with E-state index in [9.17, 15) is 22.0 Å². The van der Waals surface area contributed by atoms with Crippen molar-refractivity contribution in [3.8, 4) is 28.0 Å². The molecule has 0 spiro atoms. The third-order valence-electron chi connectivity index (χ3n) is 7.81. The Kier molecular flexibility index (Phi) is 10.00. The maximum Gasteiger partial charge on any atom is 0.387 e. The van der Waals surface area contributed by atoms with Crippen LogP contribution in [0.4, 0.5) is 22.0 Å². The zero-order valence-electron chi connectivity index (χ0n) is 21.8. The molecule has 0 N–H and O–H groups in total. The number of unbranched alkanes of at least 4 members (excludes halogenated alkanes) is 2. The fourth-order valence-electron chi connectivity index (χ4n) is 5.56. The lowest BCUT2D eigenvalue weighted by molar-refractivity contribution is -0.0546. The number of aryl methyl sites for hydroxylation is 1. The number of rotatable bonds is 11. The van der Waals surface area contributed by atoms with Crippen LogP contribution in [0, 0.1) is 23.4 Å². The lowest BCUT2D eigenvalue weighted by Gasteiger charge is -2.27. The second-order valence-corrected chi connectivity index (χ2v) is 13.9.